The van der Waals surface area contributed by atoms with Crippen molar-refractivity contribution in [1.29, 1.82) is 0 Å². The molecule has 0 amide bonds. The number of hydrogen-bond donors (Lipinski definition) is 2. The molecule has 0 aromatic heterocycles. The number of benzene rings is 1. The van der Waals surface area contributed by atoms with Gasteiger partial charge in [0, 0.05) is 39.3 Å². The molecule has 1 saturated heterocycles. The van der Waals surface area contributed by atoms with Gasteiger partial charge in [-0.15, -0.1) is 0 Å². The third-order valence-corrected chi connectivity index (χ3v) is 5.05. The van der Waals surface area contributed by atoms with E-state index in [-0.39, 0.29) is 0 Å². The maximum absolute atomic E-state index is 5.62. The lowest BCUT2D eigenvalue weighted by atomic mass is 10.0. The molecular weight excluding hydrogens is 380 g/mol. The number of morpholine rings is 1. The van der Waals surface area contributed by atoms with E-state index in [1.807, 2.05) is 12.1 Å². The first-order valence-corrected chi connectivity index (χ1v) is 11.2. The van der Waals surface area contributed by atoms with Crippen LogP contribution in [0, 0.1) is 5.92 Å². The molecule has 1 aliphatic rings. The summed E-state index contributed by atoms with van der Waals surface area (Å²) in [6.07, 6.45) is 1.16. The van der Waals surface area contributed by atoms with E-state index in [9.17, 15) is 0 Å². The van der Waals surface area contributed by atoms with Crippen molar-refractivity contribution in [2.45, 2.75) is 39.8 Å². The molecule has 7 nitrogen and oxygen atoms in total. The van der Waals surface area contributed by atoms with Crippen molar-refractivity contribution >= 4 is 5.96 Å². The molecule has 1 aromatic carbocycles. The van der Waals surface area contributed by atoms with Crippen LogP contribution < -0.4 is 15.4 Å². The fraction of sp³-hybridized carbons (Fsp3) is 0.696. The second-order valence-corrected chi connectivity index (χ2v) is 7.99. The standard InChI is InChI=1S/C23H40N4O3/c1-5-24-23(25-17-20-6-8-22(9-7-20)30-15-14-28-4)26-18-21(16-19(2)3)27-10-12-29-13-11-27/h6-9,19,21H,5,10-18H2,1-4H3,(H2,24,25,26). The highest BCUT2D eigenvalue weighted by Crippen LogP contribution is 2.14. The second-order valence-electron chi connectivity index (χ2n) is 7.99. The summed E-state index contributed by atoms with van der Waals surface area (Å²) in [7, 11) is 1.67. The average molecular weight is 421 g/mol. The number of ether oxygens (including phenoxy) is 3. The van der Waals surface area contributed by atoms with E-state index in [1.165, 1.54) is 0 Å². The van der Waals surface area contributed by atoms with Crippen molar-refractivity contribution < 1.29 is 14.2 Å². The van der Waals surface area contributed by atoms with Crippen molar-refractivity contribution in [3.8, 4) is 5.75 Å². The van der Waals surface area contributed by atoms with Gasteiger partial charge in [-0.2, -0.15) is 0 Å². The van der Waals surface area contributed by atoms with Crippen LogP contribution >= 0.6 is 0 Å². The maximum atomic E-state index is 5.62. The van der Waals surface area contributed by atoms with Crippen LogP contribution in [0.1, 0.15) is 32.8 Å². The van der Waals surface area contributed by atoms with Crippen molar-refractivity contribution in [3.05, 3.63) is 29.8 Å². The Bertz CT molecular complexity index is 601. The predicted molar refractivity (Wildman–Crippen MR) is 122 cm³/mol. The molecule has 7 heteroatoms. The molecule has 0 aliphatic carbocycles. The fourth-order valence-corrected chi connectivity index (χ4v) is 3.51. The van der Waals surface area contributed by atoms with E-state index in [0.717, 1.165) is 63.1 Å². The topological polar surface area (TPSA) is 67.4 Å². The van der Waals surface area contributed by atoms with Crippen LogP contribution in [-0.2, 0) is 16.0 Å². The van der Waals surface area contributed by atoms with Gasteiger partial charge in [-0.3, -0.25) is 4.90 Å². The summed E-state index contributed by atoms with van der Waals surface area (Å²) in [4.78, 5) is 7.32. The molecule has 170 valence electrons. The van der Waals surface area contributed by atoms with E-state index in [4.69, 9.17) is 19.2 Å². The van der Waals surface area contributed by atoms with E-state index in [2.05, 4.69) is 48.4 Å². The summed E-state index contributed by atoms with van der Waals surface area (Å²) in [5.74, 6) is 2.37. The molecule has 1 heterocycles. The number of nitrogens with zero attached hydrogens (tertiary/aromatic N) is 2. The van der Waals surface area contributed by atoms with Gasteiger partial charge < -0.3 is 24.8 Å². The van der Waals surface area contributed by atoms with E-state index in [1.54, 1.807) is 7.11 Å². The minimum Gasteiger partial charge on any atom is -0.491 e. The van der Waals surface area contributed by atoms with Gasteiger partial charge in [0.15, 0.2) is 5.96 Å². The average Bonchev–Trinajstić information content (AvgIpc) is 2.76. The van der Waals surface area contributed by atoms with Gasteiger partial charge in [0.2, 0.25) is 0 Å². The minimum absolute atomic E-state index is 0.487. The molecule has 1 aliphatic heterocycles. The molecule has 0 spiro atoms. The van der Waals surface area contributed by atoms with Crippen LogP contribution in [0.4, 0.5) is 0 Å². The lowest BCUT2D eigenvalue weighted by Gasteiger charge is -2.35. The monoisotopic (exact) mass is 420 g/mol. The first-order valence-electron chi connectivity index (χ1n) is 11.2. The van der Waals surface area contributed by atoms with E-state index in [0.29, 0.717) is 31.7 Å². The summed E-state index contributed by atoms with van der Waals surface area (Å²) in [5.41, 5.74) is 1.15. The fourth-order valence-electron chi connectivity index (χ4n) is 3.51. The Morgan fingerprint density at radius 2 is 1.87 bits per heavy atom. The number of hydrogen-bond acceptors (Lipinski definition) is 5. The molecule has 0 bridgehead atoms. The highest BCUT2D eigenvalue weighted by Gasteiger charge is 2.22. The van der Waals surface area contributed by atoms with Crippen LogP contribution in [0.2, 0.25) is 0 Å². The molecule has 1 unspecified atom stereocenters. The third-order valence-electron chi connectivity index (χ3n) is 5.05. The summed E-state index contributed by atoms with van der Waals surface area (Å²) < 4.78 is 16.2. The van der Waals surface area contributed by atoms with Crippen molar-refractivity contribution in [1.82, 2.24) is 15.5 Å². The second kappa shape index (κ2) is 14.2. The molecular formula is C23H40N4O3. The van der Waals surface area contributed by atoms with Gasteiger partial charge in [0.05, 0.1) is 26.4 Å². The van der Waals surface area contributed by atoms with Crippen molar-refractivity contribution in [2.24, 2.45) is 10.9 Å². The van der Waals surface area contributed by atoms with Gasteiger partial charge in [-0.1, -0.05) is 26.0 Å². The Kier molecular flexibility index (Phi) is 11.6. The molecule has 0 radical (unpaired) electrons. The van der Waals surface area contributed by atoms with Gasteiger partial charge in [-0.25, -0.2) is 4.99 Å². The lowest BCUT2D eigenvalue weighted by Crippen LogP contribution is -2.51. The number of nitrogens with one attached hydrogen (secondary N) is 2. The Labute approximate surface area is 182 Å². The predicted octanol–water partition coefficient (Wildman–Crippen LogP) is 2.51. The Balaban J connectivity index is 1.90. The summed E-state index contributed by atoms with van der Waals surface area (Å²) in [6, 6.07) is 8.58. The number of aliphatic imine (C=N–C) groups is 1. The lowest BCUT2D eigenvalue weighted by molar-refractivity contribution is 0.0132. The summed E-state index contributed by atoms with van der Waals surface area (Å²) >= 11 is 0. The highest BCUT2D eigenvalue weighted by molar-refractivity contribution is 5.79. The smallest absolute Gasteiger partial charge is 0.191 e. The van der Waals surface area contributed by atoms with Gasteiger partial charge in [-0.05, 0) is 37.0 Å². The molecule has 1 atom stereocenters. The first-order chi connectivity index (χ1) is 14.6. The highest BCUT2D eigenvalue weighted by atomic mass is 16.5. The SMILES string of the molecule is CCNC(=NCc1ccc(OCCOC)cc1)NCC(CC(C)C)N1CCOCC1. The molecule has 2 rings (SSSR count). The number of guanidine groups is 1. The molecule has 2 N–H and O–H groups in total. The number of rotatable bonds is 12. The van der Waals surface area contributed by atoms with E-state index >= 15 is 0 Å². The third kappa shape index (κ3) is 9.32. The quantitative estimate of drug-likeness (QED) is 0.308. The largest absolute Gasteiger partial charge is 0.491 e. The van der Waals surface area contributed by atoms with Crippen LogP contribution in [0.3, 0.4) is 0 Å². The number of methoxy groups -OCH3 is 1. The van der Waals surface area contributed by atoms with E-state index < -0.39 is 0 Å². The summed E-state index contributed by atoms with van der Waals surface area (Å²) in [5, 5.41) is 6.92. The molecule has 1 fully saturated rings. The normalized spacial score (nSPS) is 16.5. The Morgan fingerprint density at radius 3 is 2.50 bits per heavy atom. The molecule has 1 aromatic rings. The van der Waals surface area contributed by atoms with Crippen molar-refractivity contribution in [3.63, 3.8) is 0 Å². The van der Waals surface area contributed by atoms with Gasteiger partial charge >= 0.3 is 0 Å². The van der Waals surface area contributed by atoms with Gasteiger partial charge in [0.25, 0.3) is 0 Å². The van der Waals surface area contributed by atoms with Crippen LogP contribution in [0.25, 0.3) is 0 Å². The zero-order valence-corrected chi connectivity index (χ0v) is 19.2. The molecule has 30 heavy (non-hydrogen) atoms. The van der Waals surface area contributed by atoms with Crippen molar-refractivity contribution in [2.75, 3.05) is 59.7 Å². The first kappa shape index (κ1) is 24.4. The zero-order valence-electron chi connectivity index (χ0n) is 19.2. The van der Waals surface area contributed by atoms with Gasteiger partial charge in [0.1, 0.15) is 12.4 Å². The Morgan fingerprint density at radius 1 is 1.13 bits per heavy atom. The minimum atomic E-state index is 0.487. The zero-order chi connectivity index (χ0) is 21.6. The van der Waals surface area contributed by atoms with Crippen LogP contribution in [0.5, 0.6) is 5.75 Å². The Hall–Kier alpha value is -1.83. The summed E-state index contributed by atoms with van der Waals surface area (Å²) in [6.45, 7) is 13.8. The van der Waals surface area contributed by atoms with Crippen LogP contribution in [-0.4, -0.2) is 76.6 Å². The van der Waals surface area contributed by atoms with Crippen LogP contribution in [0.15, 0.2) is 29.3 Å². The maximum Gasteiger partial charge on any atom is 0.191 e. The molecule has 0 saturated carbocycles.